The lowest BCUT2D eigenvalue weighted by Crippen LogP contribution is -2.56. The van der Waals surface area contributed by atoms with Crippen LogP contribution in [0.3, 0.4) is 0 Å². The Kier molecular flexibility index (Phi) is 5.88. The van der Waals surface area contributed by atoms with Gasteiger partial charge in [0, 0.05) is 11.6 Å². The number of methoxy groups -OCH3 is 1. The number of phenols is 1. The summed E-state index contributed by atoms with van der Waals surface area (Å²) in [4.78, 5) is 41.0. The van der Waals surface area contributed by atoms with Crippen molar-refractivity contribution < 1.29 is 29.3 Å². The quantitative estimate of drug-likeness (QED) is 0.553. The normalized spacial score (nSPS) is 26.7. The molecule has 33 heavy (non-hydrogen) atoms. The first-order chi connectivity index (χ1) is 15.7. The first-order valence-electron chi connectivity index (χ1n) is 11.0. The first-order valence-corrected chi connectivity index (χ1v) is 11.0. The number of carbonyl (C=O) groups is 3. The van der Waals surface area contributed by atoms with Crippen LogP contribution in [0.5, 0.6) is 11.5 Å². The van der Waals surface area contributed by atoms with Gasteiger partial charge in [-0.3, -0.25) is 24.6 Å². The van der Waals surface area contributed by atoms with E-state index in [9.17, 15) is 24.6 Å². The number of likely N-dealkylation sites (tertiary alicyclic amines) is 1. The average molecular weight is 453 g/mol. The van der Waals surface area contributed by atoms with Crippen LogP contribution >= 0.6 is 0 Å². The highest BCUT2D eigenvalue weighted by atomic mass is 16.5. The van der Waals surface area contributed by atoms with Gasteiger partial charge in [-0.15, -0.1) is 0 Å². The van der Waals surface area contributed by atoms with Gasteiger partial charge in [-0.2, -0.15) is 0 Å². The average Bonchev–Trinajstić information content (AvgIpc) is 3.24. The van der Waals surface area contributed by atoms with Crippen molar-refractivity contribution in [3.05, 3.63) is 59.7 Å². The van der Waals surface area contributed by atoms with Crippen molar-refractivity contribution in [1.29, 1.82) is 0 Å². The molecule has 0 aliphatic carbocycles. The van der Waals surface area contributed by atoms with Gasteiger partial charge >= 0.3 is 5.97 Å². The molecule has 2 aliphatic rings. The number of rotatable bonds is 7. The Labute approximate surface area is 192 Å². The summed E-state index contributed by atoms with van der Waals surface area (Å²) in [6, 6.07) is 12.8. The van der Waals surface area contributed by atoms with Crippen LogP contribution in [0.25, 0.3) is 0 Å². The van der Waals surface area contributed by atoms with Gasteiger partial charge in [-0.1, -0.05) is 44.2 Å². The zero-order chi connectivity index (χ0) is 23.9. The fraction of sp³-hybridized carbons (Fsp3) is 0.400. The van der Waals surface area contributed by atoms with E-state index in [1.807, 2.05) is 44.2 Å². The van der Waals surface area contributed by atoms with Crippen molar-refractivity contribution in [1.82, 2.24) is 10.2 Å². The van der Waals surface area contributed by atoms with Gasteiger partial charge < -0.3 is 14.9 Å². The second-order valence-corrected chi connectivity index (χ2v) is 9.17. The molecular formula is C25H28N2O6. The lowest BCUT2D eigenvalue weighted by Gasteiger charge is -2.32. The predicted octanol–water partition coefficient (Wildman–Crippen LogP) is 2.72. The van der Waals surface area contributed by atoms with Crippen LogP contribution < -0.4 is 10.1 Å². The molecule has 2 saturated heterocycles. The molecular weight excluding hydrogens is 424 g/mol. The summed E-state index contributed by atoms with van der Waals surface area (Å²) in [5.41, 5.74) is -0.534. The number of benzene rings is 2. The summed E-state index contributed by atoms with van der Waals surface area (Å²) >= 11 is 0. The molecule has 0 spiro atoms. The Bertz CT molecular complexity index is 1090. The summed E-state index contributed by atoms with van der Waals surface area (Å²) < 4.78 is 5.28. The molecule has 0 unspecified atom stereocenters. The molecule has 0 bridgehead atoms. The Morgan fingerprint density at radius 3 is 2.45 bits per heavy atom. The number of nitrogens with zero attached hydrogens (tertiary/aromatic N) is 1. The number of carboxylic acids is 1. The van der Waals surface area contributed by atoms with E-state index < -0.39 is 41.2 Å². The van der Waals surface area contributed by atoms with Crippen LogP contribution in [-0.2, 0) is 20.9 Å². The number of carboxylic acid groups (broad SMARTS) is 1. The highest BCUT2D eigenvalue weighted by molar-refractivity contribution is 6.09. The highest BCUT2D eigenvalue weighted by Gasteiger charge is 2.68. The van der Waals surface area contributed by atoms with E-state index in [-0.39, 0.29) is 24.6 Å². The lowest BCUT2D eigenvalue weighted by molar-refractivity contribution is -0.152. The van der Waals surface area contributed by atoms with Gasteiger partial charge in [0.25, 0.3) is 0 Å². The van der Waals surface area contributed by atoms with Gasteiger partial charge in [0.1, 0.15) is 17.0 Å². The minimum Gasteiger partial charge on any atom is -0.508 e. The lowest BCUT2D eigenvalue weighted by atomic mass is 9.75. The third-order valence-corrected chi connectivity index (χ3v) is 6.61. The first kappa shape index (κ1) is 22.8. The number of imide groups is 1. The second-order valence-electron chi connectivity index (χ2n) is 9.17. The Morgan fingerprint density at radius 1 is 1.15 bits per heavy atom. The van der Waals surface area contributed by atoms with E-state index in [0.717, 1.165) is 10.5 Å². The van der Waals surface area contributed by atoms with Gasteiger partial charge in [-0.25, -0.2) is 0 Å². The van der Waals surface area contributed by atoms with Crippen molar-refractivity contribution in [3.8, 4) is 11.5 Å². The zero-order valence-electron chi connectivity index (χ0n) is 18.8. The molecule has 8 heteroatoms. The van der Waals surface area contributed by atoms with Crippen molar-refractivity contribution in [2.24, 2.45) is 17.8 Å². The number of hydrogen-bond donors (Lipinski definition) is 3. The number of hydrogen-bond acceptors (Lipinski definition) is 6. The zero-order valence-corrected chi connectivity index (χ0v) is 18.8. The molecule has 0 aromatic heterocycles. The van der Waals surface area contributed by atoms with Crippen molar-refractivity contribution in [2.75, 3.05) is 7.11 Å². The fourth-order valence-corrected chi connectivity index (χ4v) is 5.28. The van der Waals surface area contributed by atoms with E-state index in [0.29, 0.717) is 11.3 Å². The van der Waals surface area contributed by atoms with Gasteiger partial charge in [0.15, 0.2) is 0 Å². The predicted molar refractivity (Wildman–Crippen MR) is 119 cm³/mol. The number of aliphatic carboxylic acids is 1. The molecule has 4 rings (SSSR count). The SMILES string of the molecule is COc1ccc(O)c([C@@H]2N[C@](CC(C)C)(C(=O)O)[C@@H]3C(=O)N(Cc4ccccc4)C(=O)[C@@H]32)c1. The van der Waals surface area contributed by atoms with Crippen LogP contribution in [0.2, 0.25) is 0 Å². The monoisotopic (exact) mass is 452 g/mol. The van der Waals surface area contributed by atoms with Crippen LogP contribution in [0.1, 0.15) is 37.4 Å². The Morgan fingerprint density at radius 2 is 1.85 bits per heavy atom. The molecule has 4 atom stereocenters. The maximum atomic E-state index is 13.6. The van der Waals surface area contributed by atoms with Crippen molar-refractivity contribution in [2.45, 2.75) is 38.4 Å². The van der Waals surface area contributed by atoms with Crippen LogP contribution in [0.15, 0.2) is 48.5 Å². The smallest absolute Gasteiger partial charge is 0.324 e. The largest absolute Gasteiger partial charge is 0.508 e. The Hall–Kier alpha value is -3.39. The maximum Gasteiger partial charge on any atom is 0.324 e. The highest BCUT2D eigenvalue weighted by Crippen LogP contribution is 2.52. The summed E-state index contributed by atoms with van der Waals surface area (Å²) in [5, 5.41) is 24.1. The number of phenolic OH excluding ortho intramolecular Hbond substituents is 1. The fourth-order valence-electron chi connectivity index (χ4n) is 5.28. The minimum atomic E-state index is -1.64. The van der Waals surface area contributed by atoms with E-state index >= 15 is 0 Å². The van der Waals surface area contributed by atoms with Crippen LogP contribution in [0, 0.1) is 17.8 Å². The summed E-state index contributed by atoms with van der Waals surface area (Å²) in [5.74, 6) is -3.89. The number of amides is 2. The number of nitrogens with one attached hydrogen (secondary N) is 1. The topological polar surface area (TPSA) is 116 Å². The van der Waals surface area contributed by atoms with E-state index in [1.54, 1.807) is 12.1 Å². The number of ether oxygens (including phenoxy) is 1. The molecule has 3 N–H and O–H groups in total. The minimum absolute atomic E-state index is 0.0574. The van der Waals surface area contributed by atoms with Crippen molar-refractivity contribution in [3.63, 3.8) is 0 Å². The van der Waals surface area contributed by atoms with Crippen LogP contribution in [-0.4, -0.2) is 45.5 Å². The molecule has 2 aromatic rings. The summed E-state index contributed by atoms with van der Waals surface area (Å²) in [6.45, 7) is 3.82. The molecule has 2 fully saturated rings. The molecule has 174 valence electrons. The molecule has 2 aliphatic heterocycles. The summed E-state index contributed by atoms with van der Waals surface area (Å²) in [6.07, 6.45) is 0.156. The molecule has 0 radical (unpaired) electrons. The van der Waals surface area contributed by atoms with Crippen molar-refractivity contribution >= 4 is 17.8 Å². The Balaban J connectivity index is 1.83. The van der Waals surface area contributed by atoms with Gasteiger partial charge in [0.2, 0.25) is 11.8 Å². The number of aromatic hydroxyl groups is 1. The molecule has 2 heterocycles. The molecule has 2 amide bonds. The van der Waals surface area contributed by atoms with Gasteiger partial charge in [0.05, 0.1) is 25.5 Å². The number of carbonyl (C=O) groups excluding carboxylic acids is 2. The number of fused-ring (bicyclic) bond motifs is 1. The van der Waals surface area contributed by atoms with E-state index in [2.05, 4.69) is 5.32 Å². The molecule has 8 nitrogen and oxygen atoms in total. The molecule has 2 aromatic carbocycles. The van der Waals surface area contributed by atoms with E-state index in [4.69, 9.17) is 4.74 Å². The third-order valence-electron chi connectivity index (χ3n) is 6.61. The molecule has 0 saturated carbocycles. The van der Waals surface area contributed by atoms with Gasteiger partial charge in [-0.05, 0) is 36.1 Å². The van der Waals surface area contributed by atoms with Crippen LogP contribution in [0.4, 0.5) is 0 Å². The maximum absolute atomic E-state index is 13.6. The third kappa shape index (κ3) is 3.74. The second kappa shape index (κ2) is 8.51. The van der Waals surface area contributed by atoms with E-state index in [1.165, 1.54) is 13.2 Å². The summed E-state index contributed by atoms with van der Waals surface area (Å²) in [7, 11) is 1.48. The standard InChI is InChI=1S/C25H28N2O6/c1-14(2)12-25(24(31)32)20-19(21(26-25)17-11-16(33-3)9-10-18(17)28)22(29)27(23(20)30)13-15-7-5-4-6-8-15/h4-11,14,19-21,26,28H,12-13H2,1-3H3,(H,31,32)/t19-,20-,21-,25-/m0/s1.